The van der Waals surface area contributed by atoms with Gasteiger partial charge in [0.05, 0.1) is 11.9 Å². The van der Waals surface area contributed by atoms with E-state index in [9.17, 15) is 9.90 Å². The number of aliphatic hydroxyl groups excluding tert-OH is 1. The summed E-state index contributed by atoms with van der Waals surface area (Å²) in [6, 6.07) is 13.7. The molecule has 2 N–H and O–H groups in total. The number of nitrogens with zero attached hydrogens (tertiary/aromatic N) is 2. The van der Waals surface area contributed by atoms with Crippen LogP contribution >= 0.6 is 0 Å². The van der Waals surface area contributed by atoms with Crippen LogP contribution in [0.1, 0.15) is 27.6 Å². The van der Waals surface area contributed by atoms with Gasteiger partial charge in [0.1, 0.15) is 6.10 Å². The summed E-state index contributed by atoms with van der Waals surface area (Å²) in [5, 5.41) is 19.5. The Morgan fingerprint density at radius 3 is 2.50 bits per heavy atom. The molecule has 0 aliphatic heterocycles. The van der Waals surface area contributed by atoms with Gasteiger partial charge in [-0.05, 0) is 35.4 Å². The van der Waals surface area contributed by atoms with E-state index in [1.54, 1.807) is 30.7 Å². The number of hydrogen-bond acceptors (Lipinski definition) is 3. The van der Waals surface area contributed by atoms with Crippen molar-refractivity contribution in [1.29, 1.82) is 0 Å². The fourth-order valence-electron chi connectivity index (χ4n) is 2.30. The van der Waals surface area contributed by atoms with Gasteiger partial charge in [-0.1, -0.05) is 24.3 Å². The van der Waals surface area contributed by atoms with Gasteiger partial charge >= 0.3 is 5.97 Å². The fraction of sp³-hybridized carbons (Fsp3) is 0.0588. The van der Waals surface area contributed by atoms with E-state index >= 15 is 0 Å². The third kappa shape index (κ3) is 2.75. The lowest BCUT2D eigenvalue weighted by Gasteiger charge is -2.13. The predicted molar refractivity (Wildman–Crippen MR) is 81.0 cm³/mol. The van der Waals surface area contributed by atoms with Gasteiger partial charge in [0.2, 0.25) is 0 Å². The number of benzene rings is 2. The molecule has 0 aliphatic carbocycles. The first-order valence-electron chi connectivity index (χ1n) is 6.75. The van der Waals surface area contributed by atoms with Crippen LogP contribution in [0, 0.1) is 0 Å². The molecular formula is C17H14N2O3. The molecule has 0 fully saturated rings. The van der Waals surface area contributed by atoms with E-state index in [-0.39, 0.29) is 5.56 Å². The quantitative estimate of drug-likeness (QED) is 0.775. The first kappa shape index (κ1) is 14.0. The smallest absolute Gasteiger partial charge is 0.335 e. The minimum Gasteiger partial charge on any atom is -0.478 e. The first-order chi connectivity index (χ1) is 10.6. The van der Waals surface area contributed by atoms with Crippen molar-refractivity contribution in [3.8, 4) is 5.69 Å². The van der Waals surface area contributed by atoms with Crippen LogP contribution in [0.15, 0.2) is 67.3 Å². The Morgan fingerprint density at radius 1 is 1.09 bits per heavy atom. The number of carbonyl (C=O) groups is 1. The van der Waals surface area contributed by atoms with Crippen molar-refractivity contribution in [2.75, 3.05) is 0 Å². The molecule has 22 heavy (non-hydrogen) atoms. The van der Waals surface area contributed by atoms with Crippen molar-refractivity contribution in [2.24, 2.45) is 0 Å². The number of aliphatic hydroxyl groups is 1. The maximum absolute atomic E-state index is 11.0. The number of aromatic carboxylic acids is 1. The maximum atomic E-state index is 11.0. The molecule has 1 heterocycles. The summed E-state index contributed by atoms with van der Waals surface area (Å²) in [7, 11) is 0. The highest BCUT2D eigenvalue weighted by Gasteiger charge is 2.13. The molecule has 1 aromatic heterocycles. The molecule has 5 nitrogen and oxygen atoms in total. The van der Waals surface area contributed by atoms with Crippen LogP contribution < -0.4 is 0 Å². The molecule has 0 saturated heterocycles. The monoisotopic (exact) mass is 294 g/mol. The molecule has 3 rings (SSSR count). The molecule has 0 saturated carbocycles. The fourth-order valence-corrected chi connectivity index (χ4v) is 2.30. The maximum Gasteiger partial charge on any atom is 0.335 e. The Bertz CT molecular complexity index is 797. The molecule has 1 atom stereocenters. The van der Waals surface area contributed by atoms with Crippen LogP contribution in [0.4, 0.5) is 0 Å². The minimum atomic E-state index is -1.01. The number of imidazole rings is 1. The van der Waals surface area contributed by atoms with E-state index in [1.165, 1.54) is 12.1 Å². The lowest BCUT2D eigenvalue weighted by atomic mass is 9.99. The highest BCUT2D eigenvalue weighted by atomic mass is 16.4. The van der Waals surface area contributed by atoms with Crippen molar-refractivity contribution in [1.82, 2.24) is 9.55 Å². The molecule has 0 bridgehead atoms. The van der Waals surface area contributed by atoms with E-state index in [0.717, 1.165) is 5.69 Å². The predicted octanol–water partition coefficient (Wildman–Crippen LogP) is 2.65. The zero-order valence-corrected chi connectivity index (χ0v) is 11.6. The van der Waals surface area contributed by atoms with Gasteiger partial charge in [-0.25, -0.2) is 9.78 Å². The van der Waals surface area contributed by atoms with Crippen molar-refractivity contribution >= 4 is 5.97 Å². The topological polar surface area (TPSA) is 75.3 Å². The Kier molecular flexibility index (Phi) is 3.72. The van der Waals surface area contributed by atoms with Crippen molar-refractivity contribution in [3.63, 3.8) is 0 Å². The zero-order chi connectivity index (χ0) is 15.5. The second kappa shape index (κ2) is 5.83. The molecule has 0 radical (unpaired) electrons. The molecule has 2 aromatic carbocycles. The summed E-state index contributed by atoms with van der Waals surface area (Å²) in [4.78, 5) is 15.0. The van der Waals surface area contributed by atoms with E-state index in [2.05, 4.69) is 4.98 Å². The van der Waals surface area contributed by atoms with Crippen LogP contribution in [0.3, 0.4) is 0 Å². The second-order valence-corrected chi connectivity index (χ2v) is 4.90. The summed E-state index contributed by atoms with van der Waals surface area (Å²) in [6.07, 6.45) is 4.29. The normalized spacial score (nSPS) is 12.0. The Balaban J connectivity index is 1.95. The van der Waals surface area contributed by atoms with Crippen LogP contribution in [-0.4, -0.2) is 25.7 Å². The summed E-state index contributed by atoms with van der Waals surface area (Å²) in [5.41, 5.74) is 2.27. The Morgan fingerprint density at radius 2 is 1.82 bits per heavy atom. The van der Waals surface area contributed by atoms with Gasteiger partial charge in [-0.3, -0.25) is 0 Å². The van der Waals surface area contributed by atoms with Crippen LogP contribution in [0.25, 0.3) is 5.69 Å². The lowest BCUT2D eigenvalue weighted by Crippen LogP contribution is -2.03. The van der Waals surface area contributed by atoms with E-state index < -0.39 is 12.1 Å². The number of aromatic nitrogens is 2. The Labute approximate surface area is 127 Å². The molecule has 0 aliphatic rings. The van der Waals surface area contributed by atoms with Crippen molar-refractivity contribution in [3.05, 3.63) is 83.9 Å². The average Bonchev–Trinajstić information content (AvgIpc) is 3.09. The van der Waals surface area contributed by atoms with Gasteiger partial charge in [0, 0.05) is 18.1 Å². The second-order valence-electron chi connectivity index (χ2n) is 4.90. The number of rotatable bonds is 4. The largest absolute Gasteiger partial charge is 0.478 e. The van der Waals surface area contributed by atoms with Crippen LogP contribution in [0.5, 0.6) is 0 Å². The minimum absolute atomic E-state index is 0.155. The highest BCUT2D eigenvalue weighted by molar-refractivity contribution is 5.87. The standard InChI is InChI=1S/C17H14N2O3/c20-16(12-3-1-5-14(9-12)17(21)22)13-4-2-6-15(10-13)19-8-7-18-11-19/h1-11,16,20H,(H,21,22). The zero-order valence-electron chi connectivity index (χ0n) is 11.6. The van der Waals surface area contributed by atoms with Crippen molar-refractivity contribution < 1.29 is 15.0 Å². The molecule has 0 amide bonds. The van der Waals surface area contributed by atoms with E-state index in [4.69, 9.17) is 5.11 Å². The molecular weight excluding hydrogens is 280 g/mol. The van der Waals surface area contributed by atoms with Crippen LogP contribution in [-0.2, 0) is 0 Å². The van der Waals surface area contributed by atoms with Crippen LogP contribution in [0.2, 0.25) is 0 Å². The summed E-state index contributed by atoms with van der Waals surface area (Å²) >= 11 is 0. The van der Waals surface area contributed by atoms with Gasteiger partial charge in [0.15, 0.2) is 0 Å². The van der Waals surface area contributed by atoms with Gasteiger partial charge in [-0.2, -0.15) is 0 Å². The number of carboxylic acids is 1. The summed E-state index contributed by atoms with van der Waals surface area (Å²) in [5.74, 6) is -1.01. The average molecular weight is 294 g/mol. The molecule has 110 valence electrons. The first-order valence-corrected chi connectivity index (χ1v) is 6.75. The molecule has 5 heteroatoms. The summed E-state index contributed by atoms with van der Waals surface area (Å²) in [6.45, 7) is 0. The third-order valence-corrected chi connectivity index (χ3v) is 3.44. The molecule has 0 spiro atoms. The van der Waals surface area contributed by atoms with E-state index in [0.29, 0.717) is 11.1 Å². The van der Waals surface area contributed by atoms with Crippen molar-refractivity contribution in [2.45, 2.75) is 6.10 Å². The summed E-state index contributed by atoms with van der Waals surface area (Å²) < 4.78 is 1.84. The van der Waals surface area contributed by atoms with Gasteiger partial charge in [0.25, 0.3) is 0 Å². The van der Waals surface area contributed by atoms with E-state index in [1.807, 2.05) is 29.0 Å². The highest BCUT2D eigenvalue weighted by Crippen LogP contribution is 2.24. The lowest BCUT2D eigenvalue weighted by molar-refractivity contribution is 0.0696. The number of hydrogen-bond donors (Lipinski definition) is 2. The molecule has 3 aromatic rings. The Hall–Kier alpha value is -2.92. The third-order valence-electron chi connectivity index (χ3n) is 3.44. The van der Waals surface area contributed by atoms with Gasteiger partial charge in [-0.15, -0.1) is 0 Å². The number of carboxylic acid groups (broad SMARTS) is 1. The SMILES string of the molecule is O=C(O)c1cccc(C(O)c2cccc(-n3ccnc3)c2)c1. The molecule has 1 unspecified atom stereocenters. The van der Waals surface area contributed by atoms with Gasteiger partial charge < -0.3 is 14.8 Å².